The Hall–Kier alpha value is -2.65. The summed E-state index contributed by atoms with van der Waals surface area (Å²) in [4.78, 5) is 32.4. The average molecular weight is 519 g/mol. The predicted molar refractivity (Wildman–Crippen MR) is 139 cm³/mol. The topological polar surface area (TPSA) is 98.2 Å². The molecule has 0 aliphatic carbocycles. The van der Waals surface area contributed by atoms with Gasteiger partial charge in [-0.1, -0.05) is 40.7 Å². The molecule has 8 nitrogen and oxygen atoms in total. The average Bonchev–Trinajstić information content (AvgIpc) is 3.41. The summed E-state index contributed by atoms with van der Waals surface area (Å²) in [7, 11) is 1.59. The van der Waals surface area contributed by atoms with Crippen LogP contribution in [-0.4, -0.2) is 53.1 Å². The van der Waals surface area contributed by atoms with Gasteiger partial charge in [-0.3, -0.25) is 9.69 Å². The van der Waals surface area contributed by atoms with E-state index in [9.17, 15) is 14.7 Å². The lowest BCUT2D eigenvalue weighted by molar-refractivity contribution is -0.108. The van der Waals surface area contributed by atoms with Crippen molar-refractivity contribution in [3.63, 3.8) is 0 Å². The third-order valence-corrected chi connectivity index (χ3v) is 7.31. The quantitative estimate of drug-likeness (QED) is 0.399. The van der Waals surface area contributed by atoms with Crippen molar-refractivity contribution in [3.8, 4) is 5.75 Å². The second kappa shape index (κ2) is 11.2. The van der Waals surface area contributed by atoms with Gasteiger partial charge >= 0.3 is 6.16 Å². The van der Waals surface area contributed by atoms with Crippen LogP contribution in [0.4, 0.5) is 4.79 Å². The number of aromatic nitrogens is 1. The molecule has 3 rings (SSSR count). The molecule has 0 bridgehead atoms. The van der Waals surface area contributed by atoms with Gasteiger partial charge in [0.25, 0.3) is 5.91 Å². The van der Waals surface area contributed by atoms with E-state index in [4.69, 9.17) is 14.2 Å². The zero-order chi connectivity index (χ0) is 26.7. The molecule has 1 N–H and O–H groups in total. The maximum absolute atomic E-state index is 14.3. The van der Waals surface area contributed by atoms with Crippen LogP contribution in [0.25, 0.3) is 0 Å². The van der Waals surface area contributed by atoms with Crippen molar-refractivity contribution in [3.05, 3.63) is 45.9 Å². The molecule has 198 valence electrons. The third kappa shape index (κ3) is 5.83. The van der Waals surface area contributed by atoms with E-state index in [-0.39, 0.29) is 23.2 Å². The minimum atomic E-state index is -1.41. The molecule has 0 unspecified atom stereocenters. The number of amides is 1. The molecule has 1 aromatic heterocycles. The van der Waals surface area contributed by atoms with Gasteiger partial charge in [0.2, 0.25) is 0 Å². The Morgan fingerprint density at radius 2 is 2.03 bits per heavy atom. The lowest BCUT2D eigenvalue weighted by atomic mass is 9.85. The number of hydrogen-bond acceptors (Lipinski definition) is 7. The zero-order valence-corrected chi connectivity index (χ0v) is 23.1. The van der Waals surface area contributed by atoms with Gasteiger partial charge in [0.15, 0.2) is 5.72 Å². The SMILES string of the molecule is CCOC[C@@H]1C[C@](CC(C)C)(OC(=O)O)N(C(=O)c2ccc(C(C)(C)C)c(OC)c2)[C@H]1c1nccs1. The van der Waals surface area contributed by atoms with Crippen LogP contribution in [0.2, 0.25) is 0 Å². The number of carboxylic acid groups (broad SMARTS) is 1. The summed E-state index contributed by atoms with van der Waals surface area (Å²) in [5.41, 5.74) is -0.157. The van der Waals surface area contributed by atoms with Crippen LogP contribution < -0.4 is 4.74 Å². The van der Waals surface area contributed by atoms with Crippen molar-refractivity contribution in [1.82, 2.24) is 9.88 Å². The Balaban J connectivity index is 2.19. The number of carbonyl (C=O) groups is 2. The van der Waals surface area contributed by atoms with Gasteiger partial charge in [-0.2, -0.15) is 0 Å². The van der Waals surface area contributed by atoms with Gasteiger partial charge < -0.3 is 19.3 Å². The van der Waals surface area contributed by atoms with Crippen molar-refractivity contribution in [1.29, 1.82) is 0 Å². The number of methoxy groups -OCH3 is 1. The molecular weight excluding hydrogens is 480 g/mol. The fourth-order valence-corrected chi connectivity index (χ4v) is 6.02. The Morgan fingerprint density at radius 1 is 1.31 bits per heavy atom. The highest BCUT2D eigenvalue weighted by Gasteiger charge is 2.58. The van der Waals surface area contributed by atoms with Gasteiger partial charge in [-0.05, 0) is 36.0 Å². The Kier molecular flexibility index (Phi) is 8.67. The van der Waals surface area contributed by atoms with E-state index >= 15 is 0 Å². The Morgan fingerprint density at radius 3 is 2.56 bits per heavy atom. The monoisotopic (exact) mass is 518 g/mol. The molecule has 0 spiro atoms. The second-order valence-electron chi connectivity index (χ2n) is 10.7. The van der Waals surface area contributed by atoms with Gasteiger partial charge in [-0.25, -0.2) is 9.78 Å². The lowest BCUT2D eigenvalue weighted by Crippen LogP contribution is -2.52. The maximum Gasteiger partial charge on any atom is 0.507 e. The summed E-state index contributed by atoms with van der Waals surface area (Å²) < 4.78 is 17.1. The summed E-state index contributed by atoms with van der Waals surface area (Å²) in [6.07, 6.45) is 0.962. The molecule has 0 saturated carbocycles. The van der Waals surface area contributed by atoms with Gasteiger partial charge in [-0.15, -0.1) is 11.3 Å². The fraction of sp³-hybridized carbons (Fsp3) is 0.593. The summed E-state index contributed by atoms with van der Waals surface area (Å²) >= 11 is 1.44. The van der Waals surface area contributed by atoms with Crippen molar-refractivity contribution >= 4 is 23.4 Å². The first-order valence-electron chi connectivity index (χ1n) is 12.3. The summed E-state index contributed by atoms with van der Waals surface area (Å²) in [6.45, 7) is 13.0. The first kappa shape index (κ1) is 27.9. The predicted octanol–water partition coefficient (Wildman–Crippen LogP) is 6.13. The number of likely N-dealkylation sites (tertiary alicyclic amines) is 1. The molecule has 0 radical (unpaired) electrons. The van der Waals surface area contributed by atoms with Crippen LogP contribution >= 0.6 is 11.3 Å². The zero-order valence-electron chi connectivity index (χ0n) is 22.2. The van der Waals surface area contributed by atoms with E-state index < -0.39 is 17.9 Å². The molecule has 36 heavy (non-hydrogen) atoms. The van der Waals surface area contributed by atoms with Crippen LogP contribution in [0.1, 0.15) is 81.4 Å². The molecule has 1 fully saturated rings. The number of ether oxygens (including phenoxy) is 3. The minimum absolute atomic E-state index is 0.0697. The third-order valence-electron chi connectivity index (χ3n) is 6.47. The standard InChI is InChI=1S/C27H38N2O6S/c1-8-34-16-19-15-27(14-17(2)3,35-25(31)32)29(22(19)23-28-11-12-36-23)24(30)18-9-10-20(26(4,5)6)21(13-18)33-7/h9-13,17,19,22H,8,14-16H2,1-7H3,(H,31,32)/t19-,22+,27-/m0/s1. The van der Waals surface area contributed by atoms with Crippen LogP contribution in [0, 0.1) is 11.8 Å². The second-order valence-corrected chi connectivity index (χ2v) is 11.6. The number of nitrogens with zero attached hydrogens (tertiary/aromatic N) is 2. The molecule has 3 atom stereocenters. The van der Waals surface area contributed by atoms with Crippen LogP contribution in [0.15, 0.2) is 29.8 Å². The Labute approximate surface area is 217 Å². The van der Waals surface area contributed by atoms with Crippen molar-refractivity contribution < 1.29 is 28.9 Å². The first-order chi connectivity index (χ1) is 16.9. The van der Waals surface area contributed by atoms with Crippen LogP contribution in [-0.2, 0) is 14.9 Å². The highest BCUT2D eigenvalue weighted by Crippen LogP contribution is 2.51. The molecule has 2 aromatic rings. The number of benzene rings is 1. The summed E-state index contributed by atoms with van der Waals surface area (Å²) in [5.74, 6) is 0.168. The molecule has 1 aliphatic rings. The highest BCUT2D eigenvalue weighted by atomic mass is 32.1. The number of carbonyl (C=O) groups excluding carboxylic acids is 1. The van der Waals surface area contributed by atoms with Gasteiger partial charge in [0.05, 0.1) is 19.8 Å². The molecule has 1 saturated heterocycles. The first-order valence-corrected chi connectivity index (χ1v) is 13.2. The highest BCUT2D eigenvalue weighted by molar-refractivity contribution is 7.09. The molecule has 1 aromatic carbocycles. The smallest absolute Gasteiger partial charge is 0.496 e. The van der Waals surface area contributed by atoms with Crippen LogP contribution in [0.5, 0.6) is 5.75 Å². The maximum atomic E-state index is 14.3. The lowest BCUT2D eigenvalue weighted by Gasteiger charge is -2.40. The molecular formula is C27H38N2O6S. The molecule has 1 amide bonds. The molecule has 2 heterocycles. The van der Waals surface area contributed by atoms with E-state index in [0.29, 0.717) is 37.4 Å². The number of thiazole rings is 1. The van der Waals surface area contributed by atoms with E-state index in [1.54, 1.807) is 30.3 Å². The number of hydrogen-bond donors (Lipinski definition) is 1. The normalized spacial score (nSPS) is 22.2. The van der Waals surface area contributed by atoms with E-state index in [0.717, 1.165) is 10.6 Å². The molecule has 1 aliphatic heterocycles. The van der Waals surface area contributed by atoms with E-state index in [2.05, 4.69) is 25.8 Å². The van der Waals surface area contributed by atoms with Crippen molar-refractivity contribution in [2.75, 3.05) is 20.3 Å². The largest absolute Gasteiger partial charge is 0.507 e. The number of rotatable bonds is 9. The van der Waals surface area contributed by atoms with Crippen molar-refractivity contribution in [2.24, 2.45) is 11.8 Å². The van der Waals surface area contributed by atoms with Crippen molar-refractivity contribution in [2.45, 2.75) is 71.6 Å². The molecule has 9 heteroatoms. The minimum Gasteiger partial charge on any atom is -0.496 e. The fourth-order valence-electron chi connectivity index (χ4n) is 5.20. The Bertz CT molecular complexity index is 1050. The van der Waals surface area contributed by atoms with Crippen LogP contribution in [0.3, 0.4) is 0 Å². The summed E-state index contributed by atoms with van der Waals surface area (Å²) in [5, 5.41) is 12.4. The summed E-state index contributed by atoms with van der Waals surface area (Å²) in [6, 6.07) is 4.93. The van der Waals surface area contributed by atoms with Gasteiger partial charge in [0, 0.05) is 42.5 Å². The van der Waals surface area contributed by atoms with Gasteiger partial charge in [0.1, 0.15) is 10.8 Å². The van der Waals surface area contributed by atoms with E-state index in [1.807, 2.05) is 32.2 Å². The van der Waals surface area contributed by atoms with E-state index in [1.165, 1.54) is 11.3 Å².